The predicted molar refractivity (Wildman–Crippen MR) is 67.8 cm³/mol. The quantitative estimate of drug-likeness (QED) is 0.680. The Morgan fingerprint density at radius 1 is 1.44 bits per heavy atom. The standard InChI is InChI=1S/C11H16F2N2O2Si/c1-5-17-11(16)15-8-6-7(12)9(10(13)14-8)18(2,3)4/h6H,5H2,1-4H3,(H,14,15,16). The highest BCUT2D eigenvalue weighted by Gasteiger charge is 2.27. The fraction of sp³-hybridized carbons (Fsp3) is 0.455. The van der Waals surface area contributed by atoms with Gasteiger partial charge in [-0.2, -0.15) is 4.39 Å². The zero-order valence-electron chi connectivity index (χ0n) is 10.8. The molecule has 1 rings (SSSR count). The van der Waals surface area contributed by atoms with Crippen molar-refractivity contribution >= 4 is 25.2 Å². The lowest BCUT2D eigenvalue weighted by Gasteiger charge is -2.18. The minimum Gasteiger partial charge on any atom is -0.450 e. The fourth-order valence-corrected chi connectivity index (χ4v) is 2.95. The Hall–Kier alpha value is -1.50. The van der Waals surface area contributed by atoms with Gasteiger partial charge < -0.3 is 4.74 Å². The molecule has 0 bridgehead atoms. The molecular weight excluding hydrogens is 258 g/mol. The Morgan fingerprint density at radius 3 is 2.50 bits per heavy atom. The Kier molecular flexibility index (Phi) is 4.39. The Labute approximate surface area is 105 Å². The van der Waals surface area contributed by atoms with Gasteiger partial charge in [0.2, 0.25) is 5.95 Å². The number of aromatic nitrogens is 1. The first-order chi connectivity index (χ1) is 8.25. The number of ether oxygens (including phenoxy) is 1. The highest BCUT2D eigenvalue weighted by Crippen LogP contribution is 2.12. The number of nitrogens with zero attached hydrogens (tertiary/aromatic N) is 1. The van der Waals surface area contributed by atoms with Crippen molar-refractivity contribution in [3.05, 3.63) is 17.8 Å². The summed E-state index contributed by atoms with van der Waals surface area (Å²) in [5, 5.41) is 2.19. The summed E-state index contributed by atoms with van der Waals surface area (Å²) in [6.07, 6.45) is -0.787. The Morgan fingerprint density at radius 2 is 2.06 bits per heavy atom. The summed E-state index contributed by atoms with van der Waals surface area (Å²) in [6.45, 7) is 7.24. The van der Waals surface area contributed by atoms with Gasteiger partial charge in [-0.3, -0.25) is 5.32 Å². The summed E-state index contributed by atoms with van der Waals surface area (Å²) < 4.78 is 32.1. The maximum absolute atomic E-state index is 13.8. The van der Waals surface area contributed by atoms with Gasteiger partial charge in [0.05, 0.1) is 14.7 Å². The van der Waals surface area contributed by atoms with Gasteiger partial charge in [-0.05, 0) is 6.92 Å². The van der Waals surface area contributed by atoms with E-state index in [1.54, 1.807) is 6.92 Å². The molecule has 1 heterocycles. The van der Waals surface area contributed by atoms with Gasteiger partial charge >= 0.3 is 6.09 Å². The average molecular weight is 274 g/mol. The molecule has 1 aromatic rings. The second-order valence-electron chi connectivity index (χ2n) is 4.75. The minimum atomic E-state index is -2.16. The molecule has 7 heteroatoms. The molecule has 18 heavy (non-hydrogen) atoms. The van der Waals surface area contributed by atoms with Crippen LogP contribution in [-0.2, 0) is 4.74 Å². The summed E-state index contributed by atoms with van der Waals surface area (Å²) >= 11 is 0. The van der Waals surface area contributed by atoms with E-state index < -0.39 is 25.9 Å². The molecule has 0 aliphatic carbocycles. The van der Waals surface area contributed by atoms with Crippen molar-refractivity contribution < 1.29 is 18.3 Å². The average Bonchev–Trinajstić information content (AvgIpc) is 2.13. The number of hydrogen-bond donors (Lipinski definition) is 1. The van der Waals surface area contributed by atoms with Crippen molar-refractivity contribution in [3.8, 4) is 0 Å². The molecule has 0 spiro atoms. The van der Waals surface area contributed by atoms with Crippen molar-refractivity contribution in [1.82, 2.24) is 4.98 Å². The van der Waals surface area contributed by atoms with Gasteiger partial charge in [0.25, 0.3) is 0 Å². The second-order valence-corrected chi connectivity index (χ2v) is 9.75. The predicted octanol–water partition coefficient (Wildman–Crippen LogP) is 2.47. The molecule has 0 fully saturated rings. The first-order valence-electron chi connectivity index (χ1n) is 5.56. The summed E-state index contributed by atoms with van der Waals surface area (Å²) in [5.74, 6) is -1.75. The van der Waals surface area contributed by atoms with Crippen LogP contribution in [0.5, 0.6) is 0 Å². The van der Waals surface area contributed by atoms with Crippen LogP contribution in [0.1, 0.15) is 6.92 Å². The number of nitrogens with one attached hydrogen (secondary N) is 1. The van der Waals surface area contributed by atoms with Crippen molar-refractivity contribution in [2.45, 2.75) is 26.6 Å². The lowest BCUT2D eigenvalue weighted by atomic mass is 10.4. The topological polar surface area (TPSA) is 51.2 Å². The van der Waals surface area contributed by atoms with Crippen LogP contribution < -0.4 is 10.5 Å². The number of pyridine rings is 1. The molecule has 100 valence electrons. The maximum Gasteiger partial charge on any atom is 0.412 e. The number of carbonyl (C=O) groups excluding carboxylic acids is 1. The first-order valence-corrected chi connectivity index (χ1v) is 9.06. The molecule has 0 aliphatic heterocycles. The Balaban J connectivity index is 3.04. The lowest BCUT2D eigenvalue weighted by Crippen LogP contribution is -2.43. The minimum absolute atomic E-state index is 0.0249. The number of halogens is 2. The van der Waals surface area contributed by atoms with Gasteiger partial charge in [-0.15, -0.1) is 0 Å². The summed E-state index contributed by atoms with van der Waals surface area (Å²) in [4.78, 5) is 14.6. The summed E-state index contributed by atoms with van der Waals surface area (Å²) in [5.41, 5.74) is 0. The number of rotatable bonds is 3. The summed E-state index contributed by atoms with van der Waals surface area (Å²) in [6, 6.07) is 1.01. The smallest absolute Gasteiger partial charge is 0.412 e. The molecule has 1 aromatic heterocycles. The van der Waals surface area contributed by atoms with Crippen LogP contribution in [-0.4, -0.2) is 25.8 Å². The van der Waals surface area contributed by atoms with Crippen LogP contribution >= 0.6 is 0 Å². The zero-order chi connectivity index (χ0) is 13.9. The van der Waals surface area contributed by atoms with Gasteiger partial charge in [0, 0.05) is 11.3 Å². The van der Waals surface area contributed by atoms with Crippen LogP contribution in [0.25, 0.3) is 0 Å². The monoisotopic (exact) mass is 274 g/mol. The van der Waals surface area contributed by atoms with E-state index in [4.69, 9.17) is 0 Å². The second kappa shape index (κ2) is 5.43. The van der Waals surface area contributed by atoms with Crippen molar-refractivity contribution in [2.75, 3.05) is 11.9 Å². The van der Waals surface area contributed by atoms with Crippen LogP contribution in [0.2, 0.25) is 19.6 Å². The maximum atomic E-state index is 13.8. The van der Waals surface area contributed by atoms with Crippen molar-refractivity contribution in [1.29, 1.82) is 0 Å². The fourth-order valence-electron chi connectivity index (χ4n) is 1.49. The molecule has 0 radical (unpaired) electrons. The molecule has 0 unspecified atom stereocenters. The van der Waals surface area contributed by atoms with E-state index in [0.717, 1.165) is 6.07 Å². The van der Waals surface area contributed by atoms with E-state index in [9.17, 15) is 13.6 Å². The molecule has 1 amide bonds. The molecule has 0 saturated heterocycles. The van der Waals surface area contributed by atoms with Crippen LogP contribution in [0.4, 0.5) is 19.4 Å². The van der Waals surface area contributed by atoms with E-state index in [1.165, 1.54) is 0 Å². The summed E-state index contributed by atoms with van der Waals surface area (Å²) in [7, 11) is -2.16. The zero-order valence-corrected chi connectivity index (χ0v) is 11.8. The molecule has 4 nitrogen and oxygen atoms in total. The molecule has 0 aromatic carbocycles. The number of anilines is 1. The van der Waals surface area contributed by atoms with Crippen molar-refractivity contribution in [2.24, 2.45) is 0 Å². The molecular formula is C11H16F2N2O2Si. The third-order valence-electron chi connectivity index (χ3n) is 2.18. The third-order valence-corrected chi connectivity index (χ3v) is 4.13. The van der Waals surface area contributed by atoms with Gasteiger partial charge in [-0.25, -0.2) is 14.2 Å². The molecule has 0 saturated carbocycles. The Bertz CT molecular complexity index is 438. The number of hydrogen-bond acceptors (Lipinski definition) is 3. The SMILES string of the molecule is CCOC(=O)Nc1cc(F)c([Si](C)(C)C)c(F)n1. The van der Waals surface area contributed by atoms with E-state index >= 15 is 0 Å². The van der Waals surface area contributed by atoms with Crippen LogP contribution in [0.3, 0.4) is 0 Å². The highest BCUT2D eigenvalue weighted by molar-refractivity contribution is 6.88. The van der Waals surface area contributed by atoms with Crippen LogP contribution in [0.15, 0.2) is 6.07 Å². The van der Waals surface area contributed by atoms with Gasteiger partial charge in [0.1, 0.15) is 11.6 Å². The lowest BCUT2D eigenvalue weighted by molar-refractivity contribution is 0.168. The molecule has 1 N–H and O–H groups in total. The van der Waals surface area contributed by atoms with Crippen LogP contribution in [0, 0.1) is 11.8 Å². The first kappa shape index (κ1) is 14.6. The molecule has 0 atom stereocenters. The van der Waals surface area contributed by atoms with Gasteiger partial charge in [0.15, 0.2) is 0 Å². The van der Waals surface area contributed by atoms with E-state index in [2.05, 4.69) is 15.0 Å². The molecule has 0 aliphatic rings. The van der Waals surface area contributed by atoms with Crippen molar-refractivity contribution in [3.63, 3.8) is 0 Å². The highest BCUT2D eigenvalue weighted by atomic mass is 28.3. The van der Waals surface area contributed by atoms with E-state index in [-0.39, 0.29) is 17.6 Å². The number of carbonyl (C=O) groups is 1. The largest absolute Gasteiger partial charge is 0.450 e. The van der Waals surface area contributed by atoms with Gasteiger partial charge in [-0.1, -0.05) is 19.6 Å². The van der Waals surface area contributed by atoms with E-state index in [0.29, 0.717) is 0 Å². The third kappa shape index (κ3) is 3.49. The normalized spacial score (nSPS) is 11.2. The number of amides is 1. The van der Waals surface area contributed by atoms with E-state index in [1.807, 2.05) is 19.6 Å².